The lowest BCUT2D eigenvalue weighted by atomic mass is 10.2. The molecule has 1 N–H and O–H groups in total. The number of piperazine rings is 1. The third-order valence-corrected chi connectivity index (χ3v) is 6.06. The number of hydrogen-bond donors (Lipinski definition) is 1. The Morgan fingerprint density at radius 1 is 1.26 bits per heavy atom. The lowest BCUT2D eigenvalue weighted by Gasteiger charge is -2.34. The largest absolute Gasteiger partial charge is 0.352 e. The third kappa shape index (κ3) is 3.23. The van der Waals surface area contributed by atoms with Crippen LogP contribution in [0.15, 0.2) is 23.8 Å². The lowest BCUT2D eigenvalue weighted by Crippen LogP contribution is -2.49. The van der Waals surface area contributed by atoms with E-state index in [9.17, 15) is 4.79 Å². The quantitative estimate of drug-likeness (QED) is 0.746. The van der Waals surface area contributed by atoms with Gasteiger partial charge < -0.3 is 9.80 Å². The third-order valence-electron chi connectivity index (χ3n) is 5.17. The van der Waals surface area contributed by atoms with Gasteiger partial charge in [-0.05, 0) is 12.8 Å². The van der Waals surface area contributed by atoms with Crippen LogP contribution in [-0.4, -0.2) is 61.9 Å². The molecular formula is C18H21N7OS. The summed E-state index contributed by atoms with van der Waals surface area (Å²) in [6.07, 6.45) is 6.20. The van der Waals surface area contributed by atoms with Crippen LogP contribution >= 0.6 is 11.3 Å². The first-order chi connectivity index (χ1) is 13.2. The first-order valence-electron chi connectivity index (χ1n) is 9.21. The van der Waals surface area contributed by atoms with Crippen LogP contribution in [-0.2, 0) is 7.05 Å². The van der Waals surface area contributed by atoms with Crippen LogP contribution in [0, 0.1) is 0 Å². The molecule has 0 atom stereocenters. The summed E-state index contributed by atoms with van der Waals surface area (Å²) in [4.78, 5) is 21.4. The summed E-state index contributed by atoms with van der Waals surface area (Å²) >= 11 is 1.48. The molecule has 0 unspecified atom stereocenters. The van der Waals surface area contributed by atoms with E-state index in [1.54, 1.807) is 10.9 Å². The van der Waals surface area contributed by atoms with Gasteiger partial charge in [-0.25, -0.2) is 4.98 Å². The van der Waals surface area contributed by atoms with Crippen LogP contribution in [0.25, 0.3) is 10.6 Å². The molecule has 0 aromatic carbocycles. The van der Waals surface area contributed by atoms with Crippen molar-refractivity contribution in [3.63, 3.8) is 0 Å². The number of carbonyl (C=O) groups excluding carboxylic acids is 1. The van der Waals surface area contributed by atoms with Gasteiger partial charge >= 0.3 is 0 Å². The van der Waals surface area contributed by atoms with Crippen molar-refractivity contribution < 1.29 is 4.79 Å². The van der Waals surface area contributed by atoms with Crippen LogP contribution in [0.4, 0.5) is 5.82 Å². The van der Waals surface area contributed by atoms with Crippen molar-refractivity contribution in [2.24, 2.45) is 7.05 Å². The molecule has 1 saturated heterocycles. The van der Waals surface area contributed by atoms with Gasteiger partial charge in [-0.2, -0.15) is 10.2 Å². The second-order valence-electron chi connectivity index (χ2n) is 7.18. The molecule has 0 spiro atoms. The summed E-state index contributed by atoms with van der Waals surface area (Å²) in [6, 6.07) is 2.16. The summed E-state index contributed by atoms with van der Waals surface area (Å²) < 4.78 is 1.74. The molecule has 140 valence electrons. The van der Waals surface area contributed by atoms with Gasteiger partial charge in [0.25, 0.3) is 5.91 Å². The van der Waals surface area contributed by atoms with Gasteiger partial charge in [-0.15, -0.1) is 11.3 Å². The second-order valence-corrected chi connectivity index (χ2v) is 8.03. The summed E-state index contributed by atoms with van der Waals surface area (Å²) in [5.74, 6) is 1.67. The van der Waals surface area contributed by atoms with Gasteiger partial charge in [0.1, 0.15) is 10.7 Å². The lowest BCUT2D eigenvalue weighted by molar-refractivity contribution is 0.0741. The first-order valence-corrected chi connectivity index (χ1v) is 10.1. The van der Waals surface area contributed by atoms with Gasteiger partial charge in [0, 0.05) is 68.0 Å². The average molecular weight is 383 g/mol. The molecule has 27 heavy (non-hydrogen) atoms. The average Bonchev–Trinajstić information content (AvgIpc) is 3.10. The minimum atomic E-state index is 0.00161. The second kappa shape index (κ2) is 6.49. The summed E-state index contributed by atoms with van der Waals surface area (Å²) in [6.45, 7) is 2.95. The predicted octanol–water partition coefficient (Wildman–Crippen LogP) is 2.11. The Kier molecular flexibility index (Phi) is 3.96. The highest BCUT2D eigenvalue weighted by Crippen LogP contribution is 2.39. The maximum Gasteiger partial charge on any atom is 0.273 e. The fourth-order valence-corrected chi connectivity index (χ4v) is 4.20. The van der Waals surface area contributed by atoms with Crippen molar-refractivity contribution >= 4 is 23.1 Å². The standard InChI is InChI=1S/C18H21N7OS/c1-23-10-13(9-19-23)17-20-15(11-27-17)18(26)25-6-4-24(5-7-25)16-8-14(21-22-16)12-2-3-12/h8-12H,2-7H2,1H3,(H,21,22). The van der Waals surface area contributed by atoms with Gasteiger partial charge in [0.2, 0.25) is 0 Å². The highest BCUT2D eigenvalue weighted by molar-refractivity contribution is 7.13. The van der Waals surface area contributed by atoms with Gasteiger partial charge in [-0.1, -0.05) is 0 Å². The summed E-state index contributed by atoms with van der Waals surface area (Å²) in [5.41, 5.74) is 2.70. The Hall–Kier alpha value is -2.68. The van der Waals surface area contributed by atoms with Crippen molar-refractivity contribution in [3.05, 3.63) is 35.2 Å². The topological polar surface area (TPSA) is 82.9 Å². The van der Waals surface area contributed by atoms with E-state index in [4.69, 9.17) is 0 Å². The van der Waals surface area contributed by atoms with Crippen molar-refractivity contribution in [2.45, 2.75) is 18.8 Å². The first kappa shape index (κ1) is 16.5. The zero-order chi connectivity index (χ0) is 18.4. The molecule has 5 rings (SSSR count). The number of rotatable bonds is 4. The Morgan fingerprint density at radius 2 is 2.07 bits per heavy atom. The Labute approximate surface area is 160 Å². The molecule has 3 aromatic rings. The number of aryl methyl sites for hydroxylation is 1. The Balaban J connectivity index is 1.22. The van der Waals surface area contributed by atoms with Crippen molar-refractivity contribution in [3.8, 4) is 10.6 Å². The fourth-order valence-electron chi connectivity index (χ4n) is 3.43. The molecule has 1 saturated carbocycles. The number of aromatic nitrogens is 5. The zero-order valence-corrected chi connectivity index (χ0v) is 15.9. The summed E-state index contributed by atoms with van der Waals surface area (Å²) in [7, 11) is 1.87. The maximum atomic E-state index is 12.8. The van der Waals surface area contributed by atoms with Crippen molar-refractivity contribution in [1.29, 1.82) is 0 Å². The number of thiazole rings is 1. The zero-order valence-electron chi connectivity index (χ0n) is 15.1. The SMILES string of the molecule is Cn1cc(-c2nc(C(=O)N3CCN(c4cc(C5CC5)[nH]n4)CC3)cs2)cn1. The molecule has 4 heterocycles. The molecule has 2 fully saturated rings. The minimum Gasteiger partial charge on any atom is -0.352 e. The van der Waals surface area contributed by atoms with E-state index in [0.717, 1.165) is 29.5 Å². The molecule has 1 amide bonds. The van der Waals surface area contributed by atoms with E-state index in [1.807, 2.05) is 23.5 Å². The molecule has 3 aromatic heterocycles. The molecule has 2 aliphatic rings. The van der Waals surface area contributed by atoms with Crippen molar-refractivity contribution in [1.82, 2.24) is 29.9 Å². The van der Waals surface area contributed by atoms with Gasteiger partial charge in [0.15, 0.2) is 5.82 Å². The molecule has 0 radical (unpaired) electrons. The normalized spacial score (nSPS) is 17.5. The van der Waals surface area contributed by atoms with Crippen molar-refractivity contribution in [2.75, 3.05) is 31.1 Å². The molecule has 1 aliphatic carbocycles. The van der Waals surface area contributed by atoms with Crippen LogP contribution < -0.4 is 4.90 Å². The van der Waals surface area contributed by atoms with Crippen LogP contribution in [0.5, 0.6) is 0 Å². The number of nitrogens with zero attached hydrogens (tertiary/aromatic N) is 6. The number of H-pyrrole nitrogens is 1. The van der Waals surface area contributed by atoms with Gasteiger partial charge in [-0.3, -0.25) is 14.6 Å². The highest BCUT2D eigenvalue weighted by Gasteiger charge is 2.28. The number of hydrogen-bond acceptors (Lipinski definition) is 6. The van der Waals surface area contributed by atoms with Crippen LogP contribution in [0.3, 0.4) is 0 Å². The van der Waals surface area contributed by atoms with Crippen LogP contribution in [0.2, 0.25) is 0 Å². The van der Waals surface area contributed by atoms with Crippen LogP contribution in [0.1, 0.15) is 34.9 Å². The number of aromatic amines is 1. The number of nitrogens with one attached hydrogen (secondary N) is 1. The monoisotopic (exact) mass is 383 g/mol. The molecule has 0 bridgehead atoms. The van der Waals surface area contributed by atoms with Gasteiger partial charge in [0.05, 0.1) is 6.20 Å². The fraction of sp³-hybridized carbons (Fsp3) is 0.444. The van der Waals surface area contributed by atoms with E-state index in [-0.39, 0.29) is 5.91 Å². The number of anilines is 1. The van der Waals surface area contributed by atoms with E-state index in [1.165, 1.54) is 29.9 Å². The highest BCUT2D eigenvalue weighted by atomic mass is 32.1. The van der Waals surface area contributed by atoms with E-state index < -0.39 is 0 Å². The molecule has 1 aliphatic heterocycles. The molecular weight excluding hydrogens is 362 g/mol. The van der Waals surface area contributed by atoms with E-state index in [0.29, 0.717) is 24.7 Å². The Bertz CT molecular complexity index is 962. The van der Waals surface area contributed by atoms with E-state index >= 15 is 0 Å². The molecule has 9 heteroatoms. The smallest absolute Gasteiger partial charge is 0.273 e. The Morgan fingerprint density at radius 3 is 2.78 bits per heavy atom. The maximum absolute atomic E-state index is 12.8. The molecule has 8 nitrogen and oxygen atoms in total. The number of carbonyl (C=O) groups is 1. The number of amides is 1. The minimum absolute atomic E-state index is 0.00161. The predicted molar refractivity (Wildman–Crippen MR) is 103 cm³/mol. The van der Waals surface area contributed by atoms with E-state index in [2.05, 4.69) is 31.2 Å². The summed E-state index contributed by atoms with van der Waals surface area (Å²) in [5, 5.41) is 14.4.